The standard InChI is InChI=1S/C10H14BrN3OS/c1-10(4-2-3-6(10)12)8(15)14-9-13-5-7(11)16-9/h5-6H,2-4,12H2,1H3,(H,13,14,15). The van der Waals surface area contributed by atoms with Crippen molar-refractivity contribution in [2.24, 2.45) is 11.1 Å². The van der Waals surface area contributed by atoms with E-state index in [0.717, 1.165) is 23.0 Å². The monoisotopic (exact) mass is 303 g/mol. The molecule has 1 aromatic heterocycles. The molecule has 2 unspecified atom stereocenters. The van der Waals surface area contributed by atoms with Crippen molar-refractivity contribution in [2.45, 2.75) is 32.2 Å². The van der Waals surface area contributed by atoms with Crippen LogP contribution in [0, 0.1) is 5.41 Å². The molecule has 1 saturated carbocycles. The Labute approximate surface area is 107 Å². The Kier molecular flexibility index (Phi) is 3.32. The molecule has 0 bridgehead atoms. The van der Waals surface area contributed by atoms with Gasteiger partial charge in [-0.05, 0) is 35.7 Å². The third-order valence-corrected chi connectivity index (χ3v) is 4.64. The van der Waals surface area contributed by atoms with Gasteiger partial charge in [-0.2, -0.15) is 0 Å². The number of anilines is 1. The normalized spacial score (nSPS) is 29.3. The fourth-order valence-corrected chi connectivity index (χ4v) is 3.13. The summed E-state index contributed by atoms with van der Waals surface area (Å²) in [7, 11) is 0. The molecule has 1 aliphatic rings. The molecule has 4 nitrogen and oxygen atoms in total. The minimum atomic E-state index is -0.446. The van der Waals surface area contributed by atoms with Gasteiger partial charge < -0.3 is 11.1 Å². The molecule has 3 N–H and O–H groups in total. The zero-order chi connectivity index (χ0) is 11.8. The summed E-state index contributed by atoms with van der Waals surface area (Å²) in [6, 6.07) is -0.0455. The summed E-state index contributed by atoms with van der Waals surface area (Å²) in [5.74, 6) is -0.0145. The fraction of sp³-hybridized carbons (Fsp3) is 0.600. The predicted octanol–water partition coefficient (Wildman–Crippen LogP) is 2.36. The van der Waals surface area contributed by atoms with Crippen LogP contribution in [0.25, 0.3) is 0 Å². The molecule has 1 aliphatic carbocycles. The van der Waals surface area contributed by atoms with Gasteiger partial charge in [0, 0.05) is 6.04 Å². The summed E-state index contributed by atoms with van der Waals surface area (Å²) >= 11 is 4.72. The molecule has 0 saturated heterocycles. The number of nitrogens with two attached hydrogens (primary N) is 1. The summed E-state index contributed by atoms with van der Waals surface area (Å²) in [6.07, 6.45) is 4.47. The van der Waals surface area contributed by atoms with Crippen LogP contribution in [0.5, 0.6) is 0 Å². The molecular weight excluding hydrogens is 290 g/mol. The van der Waals surface area contributed by atoms with Crippen LogP contribution in [-0.2, 0) is 4.79 Å². The van der Waals surface area contributed by atoms with Crippen molar-refractivity contribution in [3.8, 4) is 0 Å². The van der Waals surface area contributed by atoms with E-state index in [1.807, 2.05) is 6.92 Å². The molecule has 2 rings (SSSR count). The van der Waals surface area contributed by atoms with Crippen LogP contribution >= 0.6 is 27.3 Å². The van der Waals surface area contributed by atoms with Crippen LogP contribution in [0.4, 0.5) is 5.13 Å². The van der Waals surface area contributed by atoms with Crippen molar-refractivity contribution in [3.63, 3.8) is 0 Å². The van der Waals surface area contributed by atoms with Crippen molar-refractivity contribution in [2.75, 3.05) is 5.32 Å². The number of hydrogen-bond donors (Lipinski definition) is 2. The predicted molar refractivity (Wildman–Crippen MR) is 68.4 cm³/mol. The first-order chi connectivity index (χ1) is 7.52. The van der Waals surface area contributed by atoms with E-state index in [4.69, 9.17) is 5.73 Å². The largest absolute Gasteiger partial charge is 0.327 e. The van der Waals surface area contributed by atoms with Crippen LogP contribution in [-0.4, -0.2) is 16.9 Å². The number of hydrogen-bond acceptors (Lipinski definition) is 4. The van der Waals surface area contributed by atoms with Gasteiger partial charge in [-0.3, -0.25) is 4.79 Å². The molecule has 16 heavy (non-hydrogen) atoms. The molecule has 6 heteroatoms. The minimum absolute atomic E-state index is 0.0145. The first-order valence-electron chi connectivity index (χ1n) is 5.21. The fourth-order valence-electron chi connectivity index (χ4n) is 2.03. The number of nitrogens with zero attached hydrogens (tertiary/aromatic N) is 1. The lowest BCUT2D eigenvalue weighted by molar-refractivity contribution is -0.125. The van der Waals surface area contributed by atoms with E-state index in [1.165, 1.54) is 11.3 Å². The summed E-state index contributed by atoms with van der Waals surface area (Å²) in [5.41, 5.74) is 5.54. The van der Waals surface area contributed by atoms with Gasteiger partial charge in [-0.25, -0.2) is 4.98 Å². The van der Waals surface area contributed by atoms with Crippen LogP contribution in [0.1, 0.15) is 26.2 Å². The van der Waals surface area contributed by atoms with E-state index < -0.39 is 5.41 Å². The second kappa shape index (κ2) is 4.43. The van der Waals surface area contributed by atoms with Gasteiger partial charge in [-0.1, -0.05) is 17.8 Å². The number of carbonyl (C=O) groups excluding carboxylic acids is 1. The number of aromatic nitrogens is 1. The highest BCUT2D eigenvalue weighted by molar-refractivity contribution is 9.11. The molecule has 1 fully saturated rings. The molecule has 2 atom stereocenters. The SMILES string of the molecule is CC1(C(=O)Nc2ncc(Br)s2)CCCC1N. The smallest absolute Gasteiger partial charge is 0.233 e. The van der Waals surface area contributed by atoms with Crippen molar-refractivity contribution in [3.05, 3.63) is 9.98 Å². The Balaban J connectivity index is 2.08. The second-order valence-corrected chi connectivity index (χ2v) is 6.75. The van der Waals surface area contributed by atoms with Gasteiger partial charge >= 0.3 is 0 Å². The topological polar surface area (TPSA) is 68.0 Å². The first-order valence-corrected chi connectivity index (χ1v) is 6.82. The van der Waals surface area contributed by atoms with E-state index in [1.54, 1.807) is 6.20 Å². The van der Waals surface area contributed by atoms with E-state index in [2.05, 4.69) is 26.2 Å². The number of halogens is 1. The second-order valence-electron chi connectivity index (χ2n) is 4.34. The van der Waals surface area contributed by atoms with Gasteiger partial charge in [0.05, 0.1) is 15.4 Å². The average molecular weight is 304 g/mol. The summed E-state index contributed by atoms with van der Waals surface area (Å²) in [6.45, 7) is 1.93. The Morgan fingerprint density at radius 1 is 1.81 bits per heavy atom. The van der Waals surface area contributed by atoms with Gasteiger partial charge in [-0.15, -0.1) is 0 Å². The first kappa shape index (κ1) is 12.0. The third kappa shape index (κ3) is 2.14. The zero-order valence-electron chi connectivity index (χ0n) is 9.00. The van der Waals surface area contributed by atoms with E-state index in [9.17, 15) is 4.79 Å². The van der Waals surface area contributed by atoms with Crippen molar-refractivity contribution in [1.29, 1.82) is 0 Å². The summed E-state index contributed by atoms with van der Waals surface area (Å²) in [4.78, 5) is 16.2. The highest BCUT2D eigenvalue weighted by atomic mass is 79.9. The zero-order valence-corrected chi connectivity index (χ0v) is 11.4. The molecule has 1 heterocycles. The Morgan fingerprint density at radius 3 is 3.06 bits per heavy atom. The molecule has 0 aliphatic heterocycles. The molecular formula is C10H14BrN3OS. The Hall–Kier alpha value is -0.460. The molecule has 88 valence electrons. The molecule has 1 aromatic rings. The van der Waals surface area contributed by atoms with Gasteiger partial charge in [0.25, 0.3) is 0 Å². The quantitative estimate of drug-likeness (QED) is 0.881. The molecule has 0 radical (unpaired) electrons. The summed E-state index contributed by atoms with van der Waals surface area (Å²) in [5, 5.41) is 3.46. The van der Waals surface area contributed by atoms with Crippen LogP contribution < -0.4 is 11.1 Å². The lowest BCUT2D eigenvalue weighted by atomic mass is 9.84. The van der Waals surface area contributed by atoms with Crippen LogP contribution in [0.2, 0.25) is 0 Å². The third-order valence-electron chi connectivity index (χ3n) is 3.25. The number of thiazole rings is 1. The maximum Gasteiger partial charge on any atom is 0.233 e. The lowest BCUT2D eigenvalue weighted by Gasteiger charge is -2.26. The number of rotatable bonds is 2. The van der Waals surface area contributed by atoms with Gasteiger partial charge in [0.15, 0.2) is 5.13 Å². The highest BCUT2D eigenvalue weighted by Gasteiger charge is 2.43. The van der Waals surface area contributed by atoms with E-state index in [-0.39, 0.29) is 11.9 Å². The van der Waals surface area contributed by atoms with Crippen molar-refractivity contribution in [1.82, 2.24) is 4.98 Å². The summed E-state index contributed by atoms with van der Waals surface area (Å²) < 4.78 is 0.906. The van der Waals surface area contributed by atoms with Crippen LogP contribution in [0.15, 0.2) is 9.98 Å². The number of nitrogens with one attached hydrogen (secondary N) is 1. The molecule has 0 aromatic carbocycles. The maximum atomic E-state index is 12.1. The average Bonchev–Trinajstić information content (AvgIpc) is 2.76. The van der Waals surface area contributed by atoms with Gasteiger partial charge in [0.2, 0.25) is 5.91 Å². The molecule has 1 amide bonds. The highest BCUT2D eigenvalue weighted by Crippen LogP contribution is 2.38. The van der Waals surface area contributed by atoms with E-state index >= 15 is 0 Å². The Bertz CT molecular complexity index is 409. The molecule has 0 spiro atoms. The number of carbonyl (C=O) groups is 1. The van der Waals surface area contributed by atoms with Gasteiger partial charge in [0.1, 0.15) is 0 Å². The van der Waals surface area contributed by atoms with Crippen molar-refractivity contribution >= 4 is 38.3 Å². The minimum Gasteiger partial charge on any atom is -0.327 e. The van der Waals surface area contributed by atoms with Crippen molar-refractivity contribution < 1.29 is 4.79 Å². The van der Waals surface area contributed by atoms with Crippen LogP contribution in [0.3, 0.4) is 0 Å². The Morgan fingerprint density at radius 2 is 2.56 bits per heavy atom. The van der Waals surface area contributed by atoms with E-state index in [0.29, 0.717) is 5.13 Å². The maximum absolute atomic E-state index is 12.1. The lowest BCUT2D eigenvalue weighted by Crippen LogP contribution is -2.44. The number of amides is 1.